The molecule has 1 unspecified atom stereocenters. The second-order valence-electron chi connectivity index (χ2n) is 12.8. The molecule has 45 heavy (non-hydrogen) atoms. The van der Waals surface area contributed by atoms with Gasteiger partial charge in [-0.15, -0.1) is 11.3 Å². The number of aromatic nitrogens is 2. The molecule has 0 bridgehead atoms. The number of carbonyl (C=O) groups excluding carboxylic acids is 3. The Hall–Kier alpha value is -3.68. The summed E-state index contributed by atoms with van der Waals surface area (Å²) in [5.41, 5.74) is 2.74. The zero-order valence-corrected chi connectivity index (χ0v) is 26.6. The van der Waals surface area contributed by atoms with Crippen LogP contribution < -0.4 is 5.32 Å². The van der Waals surface area contributed by atoms with Gasteiger partial charge in [-0.2, -0.15) is 5.10 Å². The summed E-state index contributed by atoms with van der Waals surface area (Å²) in [6, 6.07) is 8.30. The molecule has 6 heterocycles. The number of nitrogens with zero attached hydrogens (tertiary/aromatic N) is 6. The Balaban J connectivity index is 0.989. The standard InChI is InChI=1S/C32H42N8O4S/c1-36-13-15-37(16-14-36)24-4-9-38(10-5-24)30(41)28(19-22-2-3-26-23(18-22)20-33-35-26)44-32(43)39-11-6-25(7-12-39)40-21-29-27(8-17-45-29)34-31(40)42/h2-3,8,17-18,20,24-25,28H,4-7,9-16,19,21H2,1H3,(H,33,35)(H,34,42). The number of hydrogen-bond acceptors (Lipinski definition) is 8. The van der Waals surface area contributed by atoms with Gasteiger partial charge in [0.05, 0.1) is 23.9 Å². The van der Waals surface area contributed by atoms with Crippen molar-refractivity contribution in [3.05, 3.63) is 46.3 Å². The lowest BCUT2D eigenvalue weighted by Crippen LogP contribution is -2.54. The van der Waals surface area contributed by atoms with Crippen LogP contribution in [0.2, 0.25) is 0 Å². The van der Waals surface area contributed by atoms with E-state index >= 15 is 0 Å². The van der Waals surface area contributed by atoms with Crippen LogP contribution in [0.5, 0.6) is 0 Å². The highest BCUT2D eigenvalue weighted by molar-refractivity contribution is 7.10. The molecular weight excluding hydrogens is 592 g/mol. The van der Waals surface area contributed by atoms with Gasteiger partial charge in [-0.1, -0.05) is 6.07 Å². The predicted octanol–water partition coefficient (Wildman–Crippen LogP) is 3.42. The molecule has 240 valence electrons. The SMILES string of the molecule is CN1CCN(C2CCN(C(=O)C(Cc3ccc4[nH]ncc4c3)OC(=O)N3CCC(N4Cc5sccc5NC4=O)CC3)CC2)CC1. The quantitative estimate of drug-likeness (QED) is 0.427. The molecule has 0 radical (unpaired) electrons. The molecule has 4 amide bonds. The third-order valence-electron chi connectivity index (χ3n) is 10.00. The van der Waals surface area contributed by atoms with E-state index in [1.165, 1.54) is 0 Å². The van der Waals surface area contributed by atoms with Gasteiger partial charge in [0, 0.05) is 81.1 Å². The lowest BCUT2D eigenvalue weighted by atomic mass is 10.00. The van der Waals surface area contributed by atoms with E-state index in [-0.39, 0.29) is 18.0 Å². The summed E-state index contributed by atoms with van der Waals surface area (Å²) in [6.07, 6.45) is 3.88. The van der Waals surface area contributed by atoms with Crippen LogP contribution in [0.15, 0.2) is 35.8 Å². The Morgan fingerprint density at radius 2 is 1.71 bits per heavy atom. The third-order valence-corrected chi connectivity index (χ3v) is 10.9. The van der Waals surface area contributed by atoms with E-state index in [2.05, 4.69) is 32.4 Å². The molecule has 2 aromatic heterocycles. The summed E-state index contributed by atoms with van der Waals surface area (Å²) >= 11 is 1.64. The van der Waals surface area contributed by atoms with Crippen LogP contribution >= 0.6 is 11.3 Å². The minimum Gasteiger partial charge on any atom is -0.436 e. The summed E-state index contributed by atoms with van der Waals surface area (Å²) in [6.45, 7) is 7.18. The van der Waals surface area contributed by atoms with E-state index in [9.17, 15) is 14.4 Å². The normalized spacial score (nSPS) is 21.5. The number of rotatable bonds is 6. The van der Waals surface area contributed by atoms with Crippen molar-refractivity contribution >= 4 is 46.0 Å². The van der Waals surface area contributed by atoms with E-state index < -0.39 is 12.2 Å². The molecule has 1 atom stereocenters. The Morgan fingerprint density at radius 3 is 2.49 bits per heavy atom. The highest BCUT2D eigenvalue weighted by Gasteiger charge is 2.37. The van der Waals surface area contributed by atoms with Gasteiger partial charge in [-0.05, 0) is 61.9 Å². The van der Waals surface area contributed by atoms with Crippen LogP contribution in [-0.2, 0) is 22.5 Å². The minimum absolute atomic E-state index is 0.0463. The molecule has 2 N–H and O–H groups in total. The number of nitrogens with one attached hydrogen (secondary N) is 2. The minimum atomic E-state index is -0.912. The number of aromatic amines is 1. The van der Waals surface area contributed by atoms with Crippen molar-refractivity contribution in [2.45, 2.75) is 56.8 Å². The number of fused-ring (bicyclic) bond motifs is 2. The van der Waals surface area contributed by atoms with Crippen molar-refractivity contribution in [1.29, 1.82) is 0 Å². The number of piperazine rings is 1. The van der Waals surface area contributed by atoms with Crippen LogP contribution in [0.25, 0.3) is 10.9 Å². The fourth-order valence-electron chi connectivity index (χ4n) is 7.19. The third kappa shape index (κ3) is 6.52. The highest BCUT2D eigenvalue weighted by atomic mass is 32.1. The van der Waals surface area contributed by atoms with E-state index in [1.54, 1.807) is 22.4 Å². The molecular formula is C32H42N8O4S. The number of likely N-dealkylation sites (N-methyl/N-ethyl adjacent to an activating group) is 1. The molecule has 7 rings (SSSR count). The predicted molar refractivity (Wildman–Crippen MR) is 172 cm³/mol. The van der Waals surface area contributed by atoms with Crippen LogP contribution in [-0.4, -0.2) is 130 Å². The van der Waals surface area contributed by atoms with Crippen LogP contribution in [0.1, 0.15) is 36.1 Å². The average molecular weight is 635 g/mol. The lowest BCUT2D eigenvalue weighted by Gasteiger charge is -2.42. The summed E-state index contributed by atoms with van der Waals surface area (Å²) in [5.74, 6) is -0.126. The first-order valence-corrected chi connectivity index (χ1v) is 17.0. The highest BCUT2D eigenvalue weighted by Crippen LogP contribution is 2.31. The van der Waals surface area contributed by atoms with E-state index in [0.29, 0.717) is 58.0 Å². The van der Waals surface area contributed by atoms with Gasteiger partial charge >= 0.3 is 12.1 Å². The molecule has 4 aliphatic rings. The number of piperidine rings is 2. The zero-order chi connectivity index (χ0) is 30.9. The summed E-state index contributed by atoms with van der Waals surface area (Å²) in [5, 5.41) is 13.0. The van der Waals surface area contributed by atoms with Gasteiger partial charge in [0.25, 0.3) is 5.91 Å². The number of thiophene rings is 1. The first-order chi connectivity index (χ1) is 21.9. The molecule has 0 spiro atoms. The topological polar surface area (TPSA) is 117 Å². The summed E-state index contributed by atoms with van der Waals surface area (Å²) in [7, 11) is 2.17. The van der Waals surface area contributed by atoms with E-state index in [4.69, 9.17) is 4.74 Å². The molecule has 13 heteroatoms. The van der Waals surface area contributed by atoms with Gasteiger partial charge in [-0.25, -0.2) is 9.59 Å². The number of anilines is 1. The largest absolute Gasteiger partial charge is 0.436 e. The fourth-order valence-corrected chi connectivity index (χ4v) is 8.02. The molecule has 3 saturated heterocycles. The number of likely N-dealkylation sites (tertiary alicyclic amines) is 2. The van der Waals surface area contributed by atoms with Gasteiger partial charge in [0.15, 0.2) is 6.10 Å². The van der Waals surface area contributed by atoms with Crippen LogP contribution in [0.4, 0.5) is 15.3 Å². The molecule has 3 fully saturated rings. The van der Waals surface area contributed by atoms with E-state index in [1.807, 2.05) is 39.4 Å². The van der Waals surface area contributed by atoms with Gasteiger partial charge in [-0.3, -0.25) is 14.8 Å². The smallest absolute Gasteiger partial charge is 0.410 e. The van der Waals surface area contributed by atoms with Crippen LogP contribution in [0, 0.1) is 0 Å². The maximum Gasteiger partial charge on any atom is 0.410 e. The second-order valence-corrected chi connectivity index (χ2v) is 13.8. The molecule has 4 aliphatic heterocycles. The zero-order valence-electron chi connectivity index (χ0n) is 25.8. The molecule has 12 nitrogen and oxygen atoms in total. The van der Waals surface area contributed by atoms with Crippen molar-refractivity contribution in [3.63, 3.8) is 0 Å². The Morgan fingerprint density at radius 1 is 0.978 bits per heavy atom. The number of amides is 4. The fraction of sp³-hybridized carbons (Fsp3) is 0.562. The molecule has 1 aromatic carbocycles. The van der Waals surface area contributed by atoms with Gasteiger partial charge in [0.1, 0.15) is 0 Å². The molecule has 0 saturated carbocycles. The monoisotopic (exact) mass is 634 g/mol. The number of benzene rings is 1. The number of H-pyrrole nitrogens is 1. The number of ether oxygens (including phenoxy) is 1. The average Bonchev–Trinajstić information content (AvgIpc) is 3.73. The first-order valence-electron chi connectivity index (χ1n) is 16.1. The molecule has 0 aliphatic carbocycles. The van der Waals surface area contributed by atoms with Crippen molar-refractivity contribution in [2.24, 2.45) is 0 Å². The summed E-state index contributed by atoms with van der Waals surface area (Å²) < 4.78 is 6.06. The number of carbonyl (C=O) groups is 3. The molecule has 3 aromatic rings. The van der Waals surface area contributed by atoms with Crippen molar-refractivity contribution < 1.29 is 19.1 Å². The summed E-state index contributed by atoms with van der Waals surface area (Å²) in [4.78, 5) is 51.8. The Bertz CT molecular complexity index is 1520. The lowest BCUT2D eigenvalue weighted by molar-refractivity contribution is -0.142. The van der Waals surface area contributed by atoms with Crippen molar-refractivity contribution in [2.75, 3.05) is 64.7 Å². The Labute approximate surface area is 267 Å². The first kappa shape index (κ1) is 30.0. The van der Waals surface area contributed by atoms with Crippen molar-refractivity contribution in [3.8, 4) is 0 Å². The van der Waals surface area contributed by atoms with Gasteiger partial charge < -0.3 is 29.7 Å². The van der Waals surface area contributed by atoms with Crippen LogP contribution in [0.3, 0.4) is 0 Å². The van der Waals surface area contributed by atoms with Crippen molar-refractivity contribution in [1.82, 2.24) is 34.7 Å². The maximum absolute atomic E-state index is 14.0. The maximum atomic E-state index is 14.0. The second kappa shape index (κ2) is 13.0. The number of urea groups is 1. The Kier molecular flexibility index (Phi) is 8.65. The van der Waals surface area contributed by atoms with Gasteiger partial charge in [0.2, 0.25) is 0 Å². The van der Waals surface area contributed by atoms with E-state index in [0.717, 1.165) is 66.1 Å². The number of hydrogen-bond donors (Lipinski definition) is 2.